The van der Waals surface area contributed by atoms with Crippen molar-refractivity contribution in [3.63, 3.8) is 0 Å². The minimum atomic E-state index is -1.17. The summed E-state index contributed by atoms with van der Waals surface area (Å²) in [6.45, 7) is 0.811. The summed E-state index contributed by atoms with van der Waals surface area (Å²) in [5.74, 6) is -2.50. The highest BCUT2D eigenvalue weighted by Crippen LogP contribution is 2.10. The molecule has 1 heterocycles. The number of ether oxygens (including phenoxy) is 1. The average Bonchev–Trinajstić information content (AvgIpc) is 2.36. The van der Waals surface area contributed by atoms with Crippen molar-refractivity contribution in [3.8, 4) is 6.07 Å². The maximum Gasteiger partial charge on any atom is 0.340 e. The molecule has 19 heavy (non-hydrogen) atoms. The van der Waals surface area contributed by atoms with E-state index in [1.807, 2.05) is 0 Å². The zero-order chi connectivity index (χ0) is 14.4. The molecule has 1 atom stereocenters. The molecule has 7 heteroatoms. The van der Waals surface area contributed by atoms with Gasteiger partial charge in [0.05, 0.1) is 11.6 Å². The van der Waals surface area contributed by atoms with Gasteiger partial charge in [0.1, 0.15) is 5.92 Å². The SMILES string of the molecule is CC(=N)C(C#N)C(=O)COC(=O)c1cncc(Br)c1. The van der Waals surface area contributed by atoms with Gasteiger partial charge in [0.2, 0.25) is 0 Å². The summed E-state index contributed by atoms with van der Waals surface area (Å²) in [4.78, 5) is 27.0. The fourth-order valence-corrected chi connectivity index (χ4v) is 1.60. The van der Waals surface area contributed by atoms with E-state index in [-0.39, 0.29) is 11.3 Å². The number of esters is 1. The molecule has 1 rings (SSSR count). The molecule has 1 unspecified atom stereocenters. The van der Waals surface area contributed by atoms with Crippen LogP contribution in [0.5, 0.6) is 0 Å². The van der Waals surface area contributed by atoms with E-state index in [9.17, 15) is 9.59 Å². The third-order valence-electron chi connectivity index (χ3n) is 2.17. The lowest BCUT2D eigenvalue weighted by atomic mass is 10.0. The molecular weight excluding hydrogens is 314 g/mol. The zero-order valence-corrected chi connectivity index (χ0v) is 11.6. The molecule has 0 fully saturated rings. The Hall–Kier alpha value is -2.07. The number of Topliss-reactive ketones (excluding diaryl/α,β-unsaturated/α-hetero) is 1. The quantitative estimate of drug-likeness (QED) is 0.656. The molecule has 98 valence electrons. The van der Waals surface area contributed by atoms with E-state index in [4.69, 9.17) is 15.4 Å². The van der Waals surface area contributed by atoms with Crippen LogP contribution in [0.25, 0.3) is 0 Å². The standard InChI is InChI=1S/C12H10BrN3O3/c1-7(15)10(3-14)11(17)6-19-12(18)8-2-9(13)5-16-4-8/h2,4-5,10,15H,6H2,1H3. The molecule has 0 radical (unpaired) electrons. The molecule has 1 aromatic rings. The molecule has 0 aliphatic carbocycles. The van der Waals surface area contributed by atoms with Gasteiger partial charge in [-0.15, -0.1) is 0 Å². The molecule has 1 aromatic heterocycles. The molecule has 0 saturated heterocycles. The van der Waals surface area contributed by atoms with Gasteiger partial charge in [-0.2, -0.15) is 5.26 Å². The van der Waals surface area contributed by atoms with E-state index in [0.717, 1.165) is 0 Å². The van der Waals surface area contributed by atoms with Crippen LogP contribution in [0.4, 0.5) is 0 Å². The Morgan fingerprint density at radius 1 is 1.58 bits per heavy atom. The Kier molecular flexibility index (Phi) is 5.33. The topological polar surface area (TPSA) is 104 Å². The normalized spacial score (nSPS) is 11.2. The lowest BCUT2D eigenvalue weighted by Crippen LogP contribution is -2.25. The number of nitrogens with one attached hydrogen (secondary N) is 1. The number of hydrogen-bond acceptors (Lipinski definition) is 6. The molecule has 0 bridgehead atoms. The zero-order valence-electron chi connectivity index (χ0n) is 10.0. The van der Waals surface area contributed by atoms with E-state index in [1.165, 1.54) is 25.4 Å². The number of aromatic nitrogens is 1. The maximum atomic E-state index is 11.6. The number of carbonyl (C=O) groups excluding carboxylic acids is 2. The summed E-state index contributed by atoms with van der Waals surface area (Å²) in [7, 11) is 0. The van der Waals surface area contributed by atoms with Crippen molar-refractivity contribution in [3.05, 3.63) is 28.5 Å². The fourth-order valence-electron chi connectivity index (χ4n) is 1.24. The molecule has 1 N–H and O–H groups in total. The average molecular weight is 324 g/mol. The van der Waals surface area contributed by atoms with Crippen LogP contribution in [0.3, 0.4) is 0 Å². The number of ketones is 1. The molecule has 0 aromatic carbocycles. The Morgan fingerprint density at radius 3 is 2.79 bits per heavy atom. The van der Waals surface area contributed by atoms with Crippen molar-refractivity contribution >= 4 is 33.4 Å². The smallest absolute Gasteiger partial charge is 0.340 e. The predicted molar refractivity (Wildman–Crippen MR) is 69.7 cm³/mol. The van der Waals surface area contributed by atoms with Crippen LogP contribution in [0.1, 0.15) is 17.3 Å². The van der Waals surface area contributed by atoms with Crippen LogP contribution in [0.15, 0.2) is 22.9 Å². The summed E-state index contributed by atoms with van der Waals surface area (Å²) in [5, 5.41) is 16.0. The van der Waals surface area contributed by atoms with Crippen LogP contribution in [0, 0.1) is 22.7 Å². The van der Waals surface area contributed by atoms with Crippen molar-refractivity contribution in [2.24, 2.45) is 5.92 Å². The van der Waals surface area contributed by atoms with Crippen molar-refractivity contribution in [2.45, 2.75) is 6.92 Å². The highest BCUT2D eigenvalue weighted by Gasteiger charge is 2.21. The number of pyridine rings is 1. The number of carbonyl (C=O) groups is 2. The molecule has 0 amide bonds. The van der Waals surface area contributed by atoms with Gasteiger partial charge in [-0.05, 0) is 28.9 Å². The van der Waals surface area contributed by atoms with Crippen LogP contribution in [0.2, 0.25) is 0 Å². The highest BCUT2D eigenvalue weighted by atomic mass is 79.9. The first-order chi connectivity index (χ1) is 8.95. The Labute approximate surface area is 118 Å². The largest absolute Gasteiger partial charge is 0.454 e. The van der Waals surface area contributed by atoms with Crippen LogP contribution >= 0.6 is 15.9 Å². The van der Waals surface area contributed by atoms with Gasteiger partial charge in [0.25, 0.3) is 0 Å². The van der Waals surface area contributed by atoms with E-state index in [0.29, 0.717) is 4.47 Å². The molecule has 0 aliphatic rings. The number of rotatable bonds is 5. The van der Waals surface area contributed by atoms with Gasteiger partial charge in [0, 0.05) is 22.6 Å². The second-order valence-corrected chi connectivity index (χ2v) is 4.60. The number of hydrogen-bond donors (Lipinski definition) is 1. The van der Waals surface area contributed by atoms with Gasteiger partial charge >= 0.3 is 5.97 Å². The summed E-state index contributed by atoms with van der Waals surface area (Å²) in [5.41, 5.74) is 0.120. The van der Waals surface area contributed by atoms with Crippen molar-refractivity contribution in [1.82, 2.24) is 4.98 Å². The van der Waals surface area contributed by atoms with Crippen molar-refractivity contribution in [2.75, 3.05) is 6.61 Å². The molecule has 0 aliphatic heterocycles. The molecule has 6 nitrogen and oxygen atoms in total. The third-order valence-corrected chi connectivity index (χ3v) is 2.60. The van der Waals surface area contributed by atoms with Crippen molar-refractivity contribution < 1.29 is 14.3 Å². The lowest BCUT2D eigenvalue weighted by molar-refractivity contribution is -0.122. The van der Waals surface area contributed by atoms with Crippen molar-refractivity contribution in [1.29, 1.82) is 10.7 Å². The summed E-state index contributed by atoms with van der Waals surface area (Å²) in [6, 6.07) is 3.19. The van der Waals surface area contributed by atoms with Crippen LogP contribution in [-0.2, 0) is 9.53 Å². The number of nitrogens with zero attached hydrogens (tertiary/aromatic N) is 2. The number of nitriles is 1. The Morgan fingerprint density at radius 2 is 2.26 bits per heavy atom. The van der Waals surface area contributed by atoms with E-state index in [2.05, 4.69) is 20.9 Å². The minimum Gasteiger partial charge on any atom is -0.454 e. The fraction of sp³-hybridized carbons (Fsp3) is 0.250. The summed E-state index contributed by atoms with van der Waals surface area (Å²) in [6.07, 6.45) is 2.81. The second kappa shape index (κ2) is 6.75. The maximum absolute atomic E-state index is 11.6. The summed E-state index contributed by atoms with van der Waals surface area (Å²) >= 11 is 3.16. The van der Waals surface area contributed by atoms with Crippen LogP contribution < -0.4 is 0 Å². The second-order valence-electron chi connectivity index (χ2n) is 3.68. The van der Waals surface area contributed by atoms with Crippen LogP contribution in [-0.4, -0.2) is 29.1 Å². The summed E-state index contributed by atoms with van der Waals surface area (Å²) < 4.78 is 5.39. The van der Waals surface area contributed by atoms with Gasteiger partial charge in [-0.3, -0.25) is 9.78 Å². The third kappa shape index (κ3) is 4.26. The predicted octanol–water partition coefficient (Wildman–Crippen LogP) is 1.75. The van der Waals surface area contributed by atoms with E-state index in [1.54, 1.807) is 6.07 Å². The first kappa shape index (κ1) is 15.0. The number of halogens is 1. The highest BCUT2D eigenvalue weighted by molar-refractivity contribution is 9.10. The van der Waals surface area contributed by atoms with Gasteiger partial charge in [-0.1, -0.05) is 0 Å². The minimum absolute atomic E-state index is 0.0762. The Bertz CT molecular complexity index is 566. The molecule has 0 saturated carbocycles. The van der Waals surface area contributed by atoms with Gasteiger partial charge in [0.15, 0.2) is 12.4 Å². The first-order valence-corrected chi connectivity index (χ1v) is 6.00. The lowest BCUT2D eigenvalue weighted by Gasteiger charge is -2.07. The van der Waals surface area contributed by atoms with Gasteiger partial charge < -0.3 is 10.1 Å². The Balaban J connectivity index is 2.63. The molecular formula is C12H10BrN3O3. The first-order valence-electron chi connectivity index (χ1n) is 5.20. The molecule has 0 spiro atoms. The monoisotopic (exact) mass is 323 g/mol. The van der Waals surface area contributed by atoms with Gasteiger partial charge in [-0.25, -0.2) is 4.79 Å². The van der Waals surface area contributed by atoms with E-state index >= 15 is 0 Å². The van der Waals surface area contributed by atoms with E-state index < -0.39 is 24.3 Å².